The number of benzene rings is 7. The molecular weight excluding hydrogens is 1680 g/mol. The molecule has 0 bridgehead atoms. The Morgan fingerprint density at radius 3 is 1.73 bits per heavy atom. The third kappa shape index (κ3) is 20.4. The zero-order valence-electron chi connectivity index (χ0n) is 77.8. The summed E-state index contributed by atoms with van der Waals surface area (Å²) in [4.78, 5) is 118. The highest BCUT2D eigenvalue weighted by atomic mass is 35.5. The molecule has 4 aliphatic rings. The second kappa shape index (κ2) is 42.4. The van der Waals surface area contributed by atoms with Gasteiger partial charge in [0.1, 0.15) is 22.4 Å². The minimum atomic E-state index is -0.759. The number of thiazole rings is 1. The van der Waals surface area contributed by atoms with Crippen molar-refractivity contribution >= 4 is 148 Å². The van der Waals surface area contributed by atoms with Crippen molar-refractivity contribution in [3.05, 3.63) is 177 Å². The molecule has 11 atom stereocenters. The van der Waals surface area contributed by atoms with Gasteiger partial charge in [0.25, 0.3) is 11.8 Å². The summed E-state index contributed by atoms with van der Waals surface area (Å²) in [5, 5.41) is 22.6. The first-order chi connectivity index (χ1) is 61.2. The van der Waals surface area contributed by atoms with Gasteiger partial charge in [-0.15, -0.1) is 34.5 Å². The molecule has 25 nitrogen and oxygen atoms in total. The number of nitrogens with two attached hydrogens (primary N) is 1. The van der Waals surface area contributed by atoms with Crippen LogP contribution in [-0.2, 0) is 41.5 Å². The quantitative estimate of drug-likeness (QED) is 0.0193. The van der Waals surface area contributed by atoms with Crippen LogP contribution in [0.1, 0.15) is 187 Å². The van der Waals surface area contributed by atoms with Crippen molar-refractivity contribution in [2.24, 2.45) is 29.4 Å². The number of halogens is 2. The Labute approximate surface area is 767 Å². The van der Waals surface area contributed by atoms with E-state index in [0.717, 1.165) is 117 Å². The molecule has 0 unspecified atom stereocenters. The van der Waals surface area contributed by atoms with E-state index in [-0.39, 0.29) is 102 Å². The second-order valence-corrected chi connectivity index (χ2v) is 37.7. The largest absolute Gasteiger partial charge is 0.493 e. The Morgan fingerprint density at radius 1 is 0.641 bits per heavy atom. The Bertz CT molecular complexity index is 5600. The number of fused-ring (bicyclic) bond motifs is 10. The second-order valence-electron chi connectivity index (χ2n) is 36.2. The van der Waals surface area contributed by atoms with E-state index in [4.69, 9.17) is 47.9 Å². The number of amides is 8. The monoisotopic (exact) mass is 1800 g/mol. The first-order valence-electron chi connectivity index (χ1n) is 45.0. The van der Waals surface area contributed by atoms with Gasteiger partial charge in [-0.3, -0.25) is 38.6 Å². The fraction of sp³-hybridized carbons (Fsp3) is 0.480. The van der Waals surface area contributed by atoms with Crippen molar-refractivity contribution in [1.82, 2.24) is 40.3 Å². The summed E-state index contributed by atoms with van der Waals surface area (Å²) in [6.07, 6.45) is 4.18. The van der Waals surface area contributed by atoms with Crippen molar-refractivity contribution in [2.45, 2.75) is 208 Å². The third-order valence-corrected chi connectivity index (χ3v) is 27.6. The number of nitrogens with zero attached hydrogens (tertiary/aromatic N) is 7. The predicted octanol–water partition coefficient (Wildman–Crippen LogP) is 18.0. The summed E-state index contributed by atoms with van der Waals surface area (Å²) >= 11 is 14.4. The van der Waals surface area contributed by atoms with Gasteiger partial charge in [0, 0.05) is 145 Å². The molecule has 128 heavy (non-hydrogen) atoms. The molecule has 0 saturated carbocycles. The number of rotatable bonds is 32. The summed E-state index contributed by atoms with van der Waals surface area (Å²) in [7, 11) is 10.1. The summed E-state index contributed by atoms with van der Waals surface area (Å²) in [5.74, 6) is 0.667. The van der Waals surface area contributed by atoms with E-state index in [1.54, 1.807) is 51.5 Å². The molecule has 14 rings (SSSR count). The van der Waals surface area contributed by atoms with Gasteiger partial charge in [-0.2, -0.15) is 0 Å². The fourth-order valence-corrected chi connectivity index (χ4v) is 20.6. The number of methoxy groups -OCH3 is 4. The number of nitrogens with one attached hydrogen (secondary N) is 6. The number of aryl methyl sites for hydroxylation is 1. The van der Waals surface area contributed by atoms with Gasteiger partial charge in [-0.25, -0.2) is 9.78 Å². The number of H-pyrrole nitrogens is 2. The molecule has 7 aromatic carbocycles. The van der Waals surface area contributed by atoms with E-state index in [9.17, 15) is 33.6 Å². The van der Waals surface area contributed by atoms with Crippen LogP contribution < -0.4 is 51.2 Å². The topological polar surface area (TPSA) is 294 Å². The smallest absolute Gasteiger partial charge is 0.319 e. The normalized spacial score (nSPS) is 17.3. The number of anilines is 5. The van der Waals surface area contributed by atoms with Crippen LogP contribution in [0.3, 0.4) is 0 Å². The van der Waals surface area contributed by atoms with Crippen molar-refractivity contribution in [1.29, 1.82) is 0 Å². The van der Waals surface area contributed by atoms with Crippen LogP contribution in [0, 0.1) is 30.6 Å². The van der Waals surface area contributed by atoms with Crippen LogP contribution in [0.15, 0.2) is 133 Å². The molecule has 4 aliphatic heterocycles. The minimum Gasteiger partial charge on any atom is -0.493 e. The van der Waals surface area contributed by atoms with Crippen LogP contribution in [0.25, 0.3) is 43.4 Å². The molecular formula is C100H130Cl2N14O11S. The maximum Gasteiger partial charge on any atom is 0.319 e. The first-order valence-corrected chi connectivity index (χ1v) is 46.9. The lowest BCUT2D eigenvalue weighted by Gasteiger charge is -2.41. The predicted molar refractivity (Wildman–Crippen MR) is 518 cm³/mol. The van der Waals surface area contributed by atoms with Crippen molar-refractivity contribution in [2.75, 3.05) is 106 Å². The maximum absolute atomic E-state index is 14.4. The number of urea groups is 1. The zero-order valence-corrected chi connectivity index (χ0v) is 80.1. The lowest BCUT2D eigenvalue weighted by molar-refractivity contribution is -0.148. The SMILES string of the molecule is CC(C)Nc1cc2c(c3ccccc13)[C@H](CCl)CN2C(=O)c1cc2c3c(ccc2[nH]1)N(C(N)=O)CC3.CC[C@H](C)[C@@H]([C@@H](CC(=O)N1CCC[C@H]1[C@H](OC)[C@@H](C)C(=O)N[C@@H](Cc1ccccc1)c1nccs1)OC)N(C)C(=O)[C@@H](NC(=O)[C@H](C(C)C)N(C)C(C)C)C(C)C.COc1c(C)cc2cc(C(=O)N3C[C@@H](CCl)c4c3cc(NC(C)C)c3ccccc43)[nH]c2c1OC. The maximum atomic E-state index is 14.4. The van der Waals surface area contributed by atoms with E-state index in [0.29, 0.717) is 80.1 Å². The Balaban J connectivity index is 0.000000181. The highest BCUT2D eigenvalue weighted by Crippen LogP contribution is 2.49. The zero-order chi connectivity index (χ0) is 92.5. The third-order valence-electron chi connectivity index (χ3n) is 26.0. The Morgan fingerprint density at radius 2 is 1.22 bits per heavy atom. The molecule has 1 fully saturated rings. The van der Waals surface area contributed by atoms with Crippen molar-refractivity contribution in [3.8, 4) is 11.5 Å². The molecule has 0 radical (unpaired) electrons. The number of hydrogen-bond acceptors (Lipinski definition) is 16. The first kappa shape index (κ1) is 96.6. The molecule has 8 N–H and O–H groups in total. The highest BCUT2D eigenvalue weighted by molar-refractivity contribution is 7.09. The number of likely N-dealkylation sites (tertiary alicyclic amines) is 1. The summed E-state index contributed by atoms with van der Waals surface area (Å²) < 4.78 is 23.3. The Hall–Kier alpha value is -10.5. The highest BCUT2D eigenvalue weighted by Gasteiger charge is 2.45. The lowest BCUT2D eigenvalue weighted by atomic mass is 9.89. The molecule has 7 heterocycles. The molecule has 8 amide bonds. The summed E-state index contributed by atoms with van der Waals surface area (Å²) in [5.41, 5.74) is 18.2. The average molecular weight is 1810 g/mol. The van der Waals surface area contributed by atoms with Gasteiger partial charge >= 0.3 is 6.03 Å². The Kier molecular flexibility index (Phi) is 32.0. The van der Waals surface area contributed by atoms with Gasteiger partial charge in [0.15, 0.2) is 11.5 Å². The molecule has 0 spiro atoms. The molecule has 1 saturated heterocycles. The lowest BCUT2D eigenvalue weighted by Crippen LogP contribution is -2.60. The number of aromatic nitrogens is 3. The molecule has 3 aromatic heterocycles. The number of aromatic amines is 2. The van der Waals surface area contributed by atoms with E-state index in [1.807, 2.05) is 158 Å². The van der Waals surface area contributed by atoms with Crippen molar-refractivity contribution in [3.63, 3.8) is 0 Å². The van der Waals surface area contributed by atoms with Crippen LogP contribution in [0.5, 0.6) is 11.5 Å². The number of carbonyl (C=O) groups excluding carboxylic acids is 7. The van der Waals surface area contributed by atoms with Gasteiger partial charge in [-0.05, 0) is 180 Å². The van der Waals surface area contributed by atoms with Gasteiger partial charge < -0.3 is 75.5 Å². The number of carbonyl (C=O) groups is 7. The number of hydrogen-bond donors (Lipinski definition) is 7. The van der Waals surface area contributed by atoms with E-state index >= 15 is 0 Å². The molecule has 0 aliphatic carbocycles. The average Bonchev–Trinajstić information content (AvgIpc) is 1.58. The van der Waals surface area contributed by atoms with E-state index < -0.39 is 42.3 Å². The number of primary amides is 1. The van der Waals surface area contributed by atoms with E-state index in [1.165, 1.54) is 11.3 Å². The minimum absolute atomic E-state index is 0.0119. The van der Waals surface area contributed by atoms with Crippen LogP contribution >= 0.6 is 34.5 Å². The number of likely N-dealkylation sites (N-methyl/N-ethyl adjacent to an activating group) is 2. The molecule has 28 heteroatoms. The van der Waals surface area contributed by atoms with Gasteiger partial charge in [0.05, 0.1) is 79.8 Å². The van der Waals surface area contributed by atoms with Gasteiger partial charge in [-0.1, -0.05) is 134 Å². The summed E-state index contributed by atoms with van der Waals surface area (Å²) in [6, 6.07) is 38.4. The fourth-order valence-electron chi connectivity index (χ4n) is 19.4. The molecule has 10 aromatic rings. The standard InChI is InChI=1S/C44H72N6O6S.C28H28ClN5O2.C28H30ClN3O3/c1-14-30(8)39(49(11)44(54)37(27(2)3)47-42(53)38(28(4)5)48(10)29(6)7)35(55-12)26-36(51)50-23-18-21-34(50)40(56-13)31(9)41(52)46-33(43-45-22-24-57-43)25-32-19-16-15-17-20-32;1-15(2)31-22-12-25-26(19-6-4-3-5-17(19)22)16(13-29)14-34(25)27(35)23-11-20-18-9-10-33(28(30)36)24(18)8-7-21(20)32-23;1-15(2)30-21-12-23-24(20-9-7-6-8-19(20)21)18(13-29)14-32(23)28(33)22-11-17-10-16(3)26(34-4)27(35-5)25(17)31-22/h15-17,19-20,22,24,27-31,33-35,37-40H,14,18,21,23,25-26H2,1-13H3,(H,46,52)(H,47,53);3-8,11-12,15-16,31-32H,9-10,13-14H2,1-2H3,(H2,30,36);6-12,15,18,30-31H,13-14H2,1-5H3/t30-,31+,33-,34-,35+,37-,38-,39-,40+;16-;18-/m011/s1. The molecule has 686 valence electrons. The number of ether oxygens (including phenoxy) is 4. The van der Waals surface area contributed by atoms with Crippen LogP contribution in [0.4, 0.5) is 33.2 Å². The summed E-state index contributed by atoms with van der Waals surface area (Å²) in [6.45, 7) is 30.5. The van der Waals surface area contributed by atoms with Gasteiger partial charge in [0.2, 0.25) is 23.6 Å². The van der Waals surface area contributed by atoms with E-state index in [2.05, 4.69) is 128 Å². The van der Waals surface area contributed by atoms with Crippen LogP contribution in [0.2, 0.25) is 0 Å². The van der Waals surface area contributed by atoms with Crippen LogP contribution in [-0.4, -0.2) is 206 Å². The van der Waals surface area contributed by atoms with Crippen molar-refractivity contribution < 1.29 is 52.5 Å². The number of alkyl halides is 2.